The maximum atomic E-state index is 12.4. The Morgan fingerprint density at radius 2 is 1.82 bits per heavy atom. The van der Waals surface area contributed by atoms with Gasteiger partial charge in [-0.2, -0.15) is 0 Å². The first kappa shape index (κ1) is 21.0. The summed E-state index contributed by atoms with van der Waals surface area (Å²) in [4.78, 5) is 18.0. The van der Waals surface area contributed by atoms with E-state index in [2.05, 4.69) is 56.0 Å². The number of aromatic nitrogens is 1. The summed E-state index contributed by atoms with van der Waals surface area (Å²) >= 11 is 8.37. The van der Waals surface area contributed by atoms with Gasteiger partial charge in [-0.25, -0.2) is 4.98 Å². The molecule has 0 radical (unpaired) electrons. The van der Waals surface area contributed by atoms with Gasteiger partial charge >= 0.3 is 0 Å². The van der Waals surface area contributed by atoms with Gasteiger partial charge in [0.15, 0.2) is 11.7 Å². The molecule has 1 aromatic heterocycles. The molecule has 3 aromatic rings. The van der Waals surface area contributed by atoms with Crippen LogP contribution in [-0.2, 0) is 4.79 Å². The Labute approximate surface area is 185 Å². The molecule has 0 bridgehead atoms. The summed E-state index contributed by atoms with van der Waals surface area (Å²) in [7, 11) is 0. The highest BCUT2D eigenvalue weighted by molar-refractivity contribution is 9.10. The second kappa shape index (κ2) is 9.20. The highest BCUT2D eigenvalue weighted by Gasteiger charge is 2.14. The number of rotatable bonds is 6. The lowest BCUT2D eigenvalue weighted by Crippen LogP contribution is -2.20. The SMILES string of the molecule is Cc1sc(NC(=O)COc2ccc(Br)cc2C(C)C)nc1-c1ccc(Br)cc1. The van der Waals surface area contributed by atoms with Crippen LogP contribution in [0.25, 0.3) is 11.3 Å². The lowest BCUT2D eigenvalue weighted by Gasteiger charge is -2.14. The molecule has 1 amide bonds. The van der Waals surface area contributed by atoms with E-state index in [9.17, 15) is 4.79 Å². The van der Waals surface area contributed by atoms with E-state index in [1.807, 2.05) is 49.4 Å². The molecular formula is C21H20Br2N2O2S. The number of amides is 1. The largest absolute Gasteiger partial charge is 0.483 e. The topological polar surface area (TPSA) is 51.2 Å². The fourth-order valence-corrected chi connectivity index (χ4v) is 4.22. The summed E-state index contributed by atoms with van der Waals surface area (Å²) in [5.41, 5.74) is 2.96. The van der Waals surface area contributed by atoms with Crippen molar-refractivity contribution in [2.24, 2.45) is 0 Å². The Morgan fingerprint density at radius 1 is 1.14 bits per heavy atom. The summed E-state index contributed by atoms with van der Waals surface area (Å²) in [6.07, 6.45) is 0. The number of hydrogen-bond acceptors (Lipinski definition) is 4. The fourth-order valence-electron chi connectivity index (χ4n) is 2.73. The Bertz CT molecular complexity index is 985. The molecule has 0 atom stereocenters. The molecule has 2 aromatic carbocycles. The van der Waals surface area contributed by atoms with Crippen LogP contribution < -0.4 is 10.1 Å². The van der Waals surface area contributed by atoms with Crippen LogP contribution in [-0.4, -0.2) is 17.5 Å². The molecular weight excluding hydrogens is 504 g/mol. The van der Waals surface area contributed by atoms with Crippen molar-refractivity contribution in [3.05, 3.63) is 61.9 Å². The standard InChI is InChI=1S/C21H20Br2N2O2S/c1-12(2)17-10-16(23)8-9-18(17)27-11-19(26)24-21-25-20(13(3)28-21)14-4-6-15(22)7-5-14/h4-10,12H,11H2,1-3H3,(H,24,25,26). The van der Waals surface area contributed by atoms with Gasteiger partial charge < -0.3 is 4.74 Å². The van der Waals surface area contributed by atoms with Gasteiger partial charge in [-0.3, -0.25) is 10.1 Å². The minimum absolute atomic E-state index is 0.0619. The monoisotopic (exact) mass is 522 g/mol. The molecule has 7 heteroatoms. The molecule has 4 nitrogen and oxygen atoms in total. The van der Waals surface area contributed by atoms with Crippen LogP contribution in [0.3, 0.4) is 0 Å². The average molecular weight is 524 g/mol. The normalized spacial score (nSPS) is 10.9. The Kier molecular flexibility index (Phi) is 6.91. The van der Waals surface area contributed by atoms with Crippen LogP contribution in [0.5, 0.6) is 5.75 Å². The summed E-state index contributed by atoms with van der Waals surface area (Å²) in [5, 5.41) is 3.41. The van der Waals surface area contributed by atoms with Crippen molar-refractivity contribution in [3.63, 3.8) is 0 Å². The second-order valence-electron chi connectivity index (χ2n) is 6.60. The number of thiazole rings is 1. The Morgan fingerprint density at radius 3 is 2.50 bits per heavy atom. The van der Waals surface area contributed by atoms with Crippen molar-refractivity contribution in [2.75, 3.05) is 11.9 Å². The van der Waals surface area contributed by atoms with E-state index >= 15 is 0 Å². The molecule has 0 aliphatic carbocycles. The molecule has 0 saturated carbocycles. The number of halogens is 2. The molecule has 3 rings (SSSR count). The van der Waals surface area contributed by atoms with Crippen LogP contribution in [0.1, 0.15) is 30.2 Å². The third-order valence-electron chi connectivity index (χ3n) is 4.11. The number of nitrogens with one attached hydrogen (secondary N) is 1. The van der Waals surface area contributed by atoms with Crippen LogP contribution >= 0.6 is 43.2 Å². The molecule has 28 heavy (non-hydrogen) atoms. The van der Waals surface area contributed by atoms with Crippen LogP contribution in [0.4, 0.5) is 5.13 Å². The molecule has 0 fully saturated rings. The van der Waals surface area contributed by atoms with E-state index in [1.165, 1.54) is 11.3 Å². The lowest BCUT2D eigenvalue weighted by molar-refractivity contribution is -0.118. The second-order valence-corrected chi connectivity index (χ2v) is 9.64. The lowest BCUT2D eigenvalue weighted by atomic mass is 10.0. The highest BCUT2D eigenvalue weighted by atomic mass is 79.9. The zero-order valence-corrected chi connectivity index (χ0v) is 19.7. The predicted octanol–water partition coefficient (Wildman–Crippen LogP) is 6.78. The number of aryl methyl sites for hydroxylation is 1. The van der Waals surface area contributed by atoms with E-state index in [1.54, 1.807) is 0 Å². The fraction of sp³-hybridized carbons (Fsp3) is 0.238. The molecule has 0 aliphatic rings. The quantitative estimate of drug-likeness (QED) is 0.387. The first-order valence-electron chi connectivity index (χ1n) is 8.79. The van der Waals surface area contributed by atoms with Crippen LogP contribution in [0, 0.1) is 6.92 Å². The number of carbonyl (C=O) groups is 1. The molecule has 0 aliphatic heterocycles. The zero-order chi connectivity index (χ0) is 20.3. The van der Waals surface area contributed by atoms with Gasteiger partial charge in [0.2, 0.25) is 0 Å². The maximum Gasteiger partial charge on any atom is 0.264 e. The molecule has 0 unspecified atom stereocenters. The molecule has 1 N–H and O–H groups in total. The minimum atomic E-state index is -0.228. The third-order valence-corrected chi connectivity index (χ3v) is 6.02. The first-order chi connectivity index (χ1) is 13.3. The van der Waals surface area contributed by atoms with Gasteiger partial charge in [0.25, 0.3) is 5.91 Å². The number of anilines is 1. The number of ether oxygens (including phenoxy) is 1. The van der Waals surface area contributed by atoms with E-state index < -0.39 is 0 Å². The number of hydrogen-bond donors (Lipinski definition) is 1. The average Bonchev–Trinajstić information content (AvgIpc) is 3.01. The van der Waals surface area contributed by atoms with Crippen LogP contribution in [0.2, 0.25) is 0 Å². The van der Waals surface area contributed by atoms with Gasteiger partial charge in [-0.05, 0) is 48.7 Å². The van der Waals surface area contributed by atoms with Crippen LogP contribution in [0.15, 0.2) is 51.4 Å². The van der Waals surface area contributed by atoms with Crippen molar-refractivity contribution in [2.45, 2.75) is 26.7 Å². The van der Waals surface area contributed by atoms with E-state index in [-0.39, 0.29) is 12.5 Å². The highest BCUT2D eigenvalue weighted by Crippen LogP contribution is 2.32. The van der Waals surface area contributed by atoms with Gasteiger partial charge in [0.05, 0.1) is 5.69 Å². The van der Waals surface area contributed by atoms with Crippen molar-refractivity contribution >= 4 is 54.2 Å². The number of benzene rings is 2. The third kappa shape index (κ3) is 5.21. The van der Waals surface area contributed by atoms with E-state index in [0.29, 0.717) is 11.0 Å². The summed E-state index contributed by atoms with van der Waals surface area (Å²) in [5.74, 6) is 0.790. The zero-order valence-electron chi connectivity index (χ0n) is 15.8. The number of carbonyl (C=O) groups excluding carboxylic acids is 1. The molecule has 1 heterocycles. The molecule has 146 valence electrons. The van der Waals surface area contributed by atoms with Gasteiger partial charge in [0, 0.05) is 19.4 Å². The van der Waals surface area contributed by atoms with Crippen molar-refractivity contribution in [3.8, 4) is 17.0 Å². The van der Waals surface area contributed by atoms with Crippen molar-refractivity contribution in [1.82, 2.24) is 4.98 Å². The first-order valence-corrected chi connectivity index (χ1v) is 11.2. The van der Waals surface area contributed by atoms with Gasteiger partial charge in [-0.15, -0.1) is 11.3 Å². The Balaban J connectivity index is 1.66. The Hall–Kier alpha value is -1.70. The van der Waals surface area contributed by atoms with E-state index in [0.717, 1.165) is 36.4 Å². The number of nitrogens with zero attached hydrogens (tertiary/aromatic N) is 1. The minimum Gasteiger partial charge on any atom is -0.483 e. The maximum absolute atomic E-state index is 12.4. The summed E-state index contributed by atoms with van der Waals surface area (Å²) in [6, 6.07) is 13.8. The van der Waals surface area contributed by atoms with Crippen molar-refractivity contribution < 1.29 is 9.53 Å². The smallest absolute Gasteiger partial charge is 0.264 e. The van der Waals surface area contributed by atoms with Gasteiger partial charge in [0.1, 0.15) is 5.75 Å². The summed E-state index contributed by atoms with van der Waals surface area (Å²) in [6.45, 7) is 6.12. The molecule has 0 saturated heterocycles. The summed E-state index contributed by atoms with van der Waals surface area (Å²) < 4.78 is 7.77. The predicted molar refractivity (Wildman–Crippen MR) is 122 cm³/mol. The van der Waals surface area contributed by atoms with Gasteiger partial charge in [-0.1, -0.05) is 57.8 Å². The molecule has 0 spiro atoms. The van der Waals surface area contributed by atoms with E-state index in [4.69, 9.17) is 4.74 Å². The van der Waals surface area contributed by atoms with Crippen molar-refractivity contribution in [1.29, 1.82) is 0 Å².